The molecule has 1 atom stereocenters. The zero-order valence-corrected chi connectivity index (χ0v) is 10.5. The van der Waals surface area contributed by atoms with Crippen LogP contribution in [0.2, 0.25) is 0 Å². The van der Waals surface area contributed by atoms with Gasteiger partial charge in [-0.3, -0.25) is 4.79 Å². The van der Waals surface area contributed by atoms with Gasteiger partial charge in [0.15, 0.2) is 0 Å². The lowest BCUT2D eigenvalue weighted by atomic mass is 10.2. The number of nitrogen functional groups attached to an aromatic ring is 1. The van der Waals surface area contributed by atoms with Crippen molar-refractivity contribution in [3.05, 3.63) is 15.8 Å². The summed E-state index contributed by atoms with van der Waals surface area (Å²) in [6.07, 6.45) is 0.960. The van der Waals surface area contributed by atoms with Gasteiger partial charge in [-0.1, -0.05) is 6.92 Å². The molecule has 0 aliphatic carbocycles. The summed E-state index contributed by atoms with van der Waals surface area (Å²) in [5, 5.41) is 0. The number of carbonyl (C=O) groups is 1. The van der Waals surface area contributed by atoms with Gasteiger partial charge in [0, 0.05) is 23.7 Å². The molecule has 2 N–H and O–H groups in total. The maximum Gasteiger partial charge on any atom is 0.263 e. The monoisotopic (exact) mass is 226 g/mol. The summed E-state index contributed by atoms with van der Waals surface area (Å²) in [5.74, 6) is 0.0640. The van der Waals surface area contributed by atoms with Gasteiger partial charge in [0.2, 0.25) is 0 Å². The fraction of sp³-hybridized carbons (Fsp3) is 0.545. The molecule has 15 heavy (non-hydrogen) atoms. The third-order valence-electron chi connectivity index (χ3n) is 2.74. The standard InChI is InChI=1S/C11H18N2OS/c1-5-7(2)13(4)11(14)10-6-9(12)8(3)15-10/h6-7H,5,12H2,1-4H3. The number of aryl methyl sites for hydroxylation is 1. The van der Waals surface area contributed by atoms with Crippen molar-refractivity contribution in [1.82, 2.24) is 4.90 Å². The highest BCUT2D eigenvalue weighted by molar-refractivity contribution is 7.14. The maximum absolute atomic E-state index is 12.0. The van der Waals surface area contributed by atoms with Gasteiger partial charge < -0.3 is 10.6 Å². The Hall–Kier alpha value is -1.03. The predicted octanol–water partition coefficient (Wildman–Crippen LogP) is 2.51. The molecule has 4 heteroatoms. The molecular weight excluding hydrogens is 208 g/mol. The number of hydrogen-bond donors (Lipinski definition) is 1. The summed E-state index contributed by atoms with van der Waals surface area (Å²) in [7, 11) is 1.84. The number of nitrogens with zero attached hydrogens (tertiary/aromatic N) is 1. The van der Waals surface area contributed by atoms with Crippen LogP contribution in [0, 0.1) is 6.92 Å². The van der Waals surface area contributed by atoms with Crippen molar-refractivity contribution in [3.8, 4) is 0 Å². The Kier molecular flexibility index (Phi) is 3.74. The fourth-order valence-corrected chi connectivity index (χ4v) is 2.17. The third-order valence-corrected chi connectivity index (χ3v) is 3.79. The van der Waals surface area contributed by atoms with Gasteiger partial charge in [-0.2, -0.15) is 0 Å². The lowest BCUT2D eigenvalue weighted by molar-refractivity contribution is 0.0745. The van der Waals surface area contributed by atoms with E-state index in [-0.39, 0.29) is 11.9 Å². The zero-order chi connectivity index (χ0) is 11.6. The summed E-state index contributed by atoms with van der Waals surface area (Å²) in [6, 6.07) is 2.03. The molecule has 0 aliphatic heterocycles. The van der Waals surface area contributed by atoms with E-state index in [9.17, 15) is 4.79 Å². The average molecular weight is 226 g/mol. The minimum Gasteiger partial charge on any atom is -0.398 e. The number of nitrogens with two attached hydrogens (primary N) is 1. The van der Waals surface area contributed by atoms with Gasteiger partial charge in [-0.05, 0) is 26.3 Å². The van der Waals surface area contributed by atoms with E-state index in [2.05, 4.69) is 6.92 Å². The number of amides is 1. The van der Waals surface area contributed by atoms with Crippen molar-refractivity contribution in [2.45, 2.75) is 33.2 Å². The first-order valence-electron chi connectivity index (χ1n) is 5.10. The van der Waals surface area contributed by atoms with E-state index in [0.29, 0.717) is 5.69 Å². The summed E-state index contributed by atoms with van der Waals surface area (Å²) in [4.78, 5) is 15.5. The largest absolute Gasteiger partial charge is 0.398 e. The molecule has 0 radical (unpaired) electrons. The highest BCUT2D eigenvalue weighted by Crippen LogP contribution is 2.24. The Morgan fingerprint density at radius 2 is 2.27 bits per heavy atom. The normalized spacial score (nSPS) is 12.5. The van der Waals surface area contributed by atoms with Crippen LogP contribution < -0.4 is 5.73 Å². The van der Waals surface area contributed by atoms with Crippen molar-refractivity contribution in [2.75, 3.05) is 12.8 Å². The molecule has 0 fully saturated rings. The molecule has 0 saturated heterocycles. The summed E-state index contributed by atoms with van der Waals surface area (Å²) >= 11 is 1.46. The predicted molar refractivity (Wildman–Crippen MR) is 65.3 cm³/mol. The molecule has 0 aliphatic rings. The lowest BCUT2D eigenvalue weighted by Gasteiger charge is -2.22. The van der Waals surface area contributed by atoms with Crippen molar-refractivity contribution >= 4 is 22.9 Å². The topological polar surface area (TPSA) is 46.3 Å². The Morgan fingerprint density at radius 1 is 1.67 bits per heavy atom. The van der Waals surface area contributed by atoms with E-state index in [1.54, 1.807) is 11.0 Å². The van der Waals surface area contributed by atoms with Crippen molar-refractivity contribution < 1.29 is 4.79 Å². The van der Waals surface area contributed by atoms with Crippen LogP contribution in [0.3, 0.4) is 0 Å². The number of anilines is 1. The minimum atomic E-state index is 0.0640. The van der Waals surface area contributed by atoms with Crippen molar-refractivity contribution in [2.24, 2.45) is 0 Å². The zero-order valence-electron chi connectivity index (χ0n) is 9.70. The van der Waals surface area contributed by atoms with Crippen LogP contribution in [0.25, 0.3) is 0 Å². The molecule has 0 saturated carbocycles. The van der Waals surface area contributed by atoms with Gasteiger partial charge in [-0.15, -0.1) is 11.3 Å². The molecule has 84 valence electrons. The first-order chi connectivity index (χ1) is 6.97. The Morgan fingerprint density at radius 3 is 2.67 bits per heavy atom. The fourth-order valence-electron chi connectivity index (χ4n) is 1.25. The number of carbonyl (C=O) groups excluding carboxylic acids is 1. The van der Waals surface area contributed by atoms with E-state index >= 15 is 0 Å². The molecule has 0 bridgehead atoms. The molecule has 1 aromatic heterocycles. The molecule has 1 unspecified atom stereocenters. The van der Waals surface area contributed by atoms with Gasteiger partial charge in [0.25, 0.3) is 5.91 Å². The van der Waals surface area contributed by atoms with E-state index in [0.717, 1.165) is 16.2 Å². The molecule has 1 heterocycles. The average Bonchev–Trinajstić information content (AvgIpc) is 2.56. The number of hydrogen-bond acceptors (Lipinski definition) is 3. The Balaban J connectivity index is 2.85. The van der Waals surface area contributed by atoms with Gasteiger partial charge >= 0.3 is 0 Å². The van der Waals surface area contributed by atoms with Gasteiger partial charge in [0.05, 0.1) is 4.88 Å². The maximum atomic E-state index is 12.0. The second-order valence-corrected chi connectivity index (χ2v) is 5.05. The minimum absolute atomic E-state index is 0.0640. The second kappa shape index (κ2) is 4.66. The Bertz CT molecular complexity index is 340. The highest BCUT2D eigenvalue weighted by Gasteiger charge is 2.18. The van der Waals surface area contributed by atoms with Gasteiger partial charge in [0.1, 0.15) is 0 Å². The van der Waals surface area contributed by atoms with E-state index in [1.807, 2.05) is 20.9 Å². The van der Waals surface area contributed by atoms with Crippen LogP contribution in [-0.2, 0) is 0 Å². The molecule has 1 rings (SSSR count). The van der Waals surface area contributed by atoms with E-state index in [4.69, 9.17) is 5.73 Å². The lowest BCUT2D eigenvalue weighted by Crippen LogP contribution is -2.34. The van der Waals surface area contributed by atoms with Gasteiger partial charge in [-0.25, -0.2) is 0 Å². The number of thiophene rings is 1. The van der Waals surface area contributed by atoms with Crippen LogP contribution in [0.15, 0.2) is 6.07 Å². The molecule has 3 nitrogen and oxygen atoms in total. The molecule has 0 spiro atoms. The third kappa shape index (κ3) is 2.50. The van der Waals surface area contributed by atoms with E-state index < -0.39 is 0 Å². The quantitative estimate of drug-likeness (QED) is 0.860. The SMILES string of the molecule is CCC(C)N(C)C(=O)c1cc(N)c(C)s1. The van der Waals surface area contributed by atoms with Crippen LogP contribution in [0.5, 0.6) is 0 Å². The van der Waals surface area contributed by atoms with Crippen molar-refractivity contribution in [1.29, 1.82) is 0 Å². The van der Waals surface area contributed by atoms with E-state index in [1.165, 1.54) is 11.3 Å². The molecule has 0 aromatic carbocycles. The summed E-state index contributed by atoms with van der Waals surface area (Å²) < 4.78 is 0. The number of rotatable bonds is 3. The summed E-state index contributed by atoms with van der Waals surface area (Å²) in [6.45, 7) is 6.05. The van der Waals surface area contributed by atoms with Crippen LogP contribution in [0.1, 0.15) is 34.8 Å². The first kappa shape index (κ1) is 12.0. The first-order valence-corrected chi connectivity index (χ1v) is 5.92. The molecule has 1 amide bonds. The molecule has 1 aromatic rings. The second-order valence-electron chi connectivity index (χ2n) is 3.80. The summed E-state index contributed by atoms with van der Waals surface area (Å²) in [5.41, 5.74) is 6.44. The van der Waals surface area contributed by atoms with Crippen LogP contribution in [-0.4, -0.2) is 23.9 Å². The Labute approximate surface area is 94.9 Å². The smallest absolute Gasteiger partial charge is 0.263 e. The van der Waals surface area contributed by atoms with Crippen LogP contribution >= 0.6 is 11.3 Å². The highest BCUT2D eigenvalue weighted by atomic mass is 32.1. The van der Waals surface area contributed by atoms with Crippen LogP contribution in [0.4, 0.5) is 5.69 Å². The van der Waals surface area contributed by atoms with Crippen molar-refractivity contribution in [3.63, 3.8) is 0 Å². The molecular formula is C11H18N2OS.